The van der Waals surface area contributed by atoms with E-state index in [9.17, 15) is 0 Å². The molecule has 0 radical (unpaired) electrons. The average molecular weight is 142 g/mol. The lowest BCUT2D eigenvalue weighted by atomic mass is 10.4. The highest BCUT2D eigenvalue weighted by molar-refractivity contribution is 5.55. The second-order valence-corrected chi connectivity index (χ2v) is 2.25. The monoisotopic (exact) mass is 142 g/mol. The third-order valence-electron chi connectivity index (χ3n) is 1.27. The predicted octanol–water partition coefficient (Wildman–Crippen LogP) is 2.11. The third-order valence-corrected chi connectivity index (χ3v) is 1.27. The van der Waals surface area contributed by atoms with E-state index < -0.39 is 0 Å². The van der Waals surface area contributed by atoms with Gasteiger partial charge in [-0.05, 0) is 19.8 Å². The molecule has 0 spiro atoms. The molecule has 0 rings (SSSR count). The Labute approximate surface area is 63.9 Å². The summed E-state index contributed by atoms with van der Waals surface area (Å²) in [6.07, 6.45) is 4.16. The highest BCUT2D eigenvalue weighted by Crippen LogP contribution is 1.90. The summed E-state index contributed by atoms with van der Waals surface area (Å²) in [4.78, 5) is 0. The Kier molecular flexibility index (Phi) is 6.24. The van der Waals surface area contributed by atoms with Gasteiger partial charge >= 0.3 is 0 Å². The van der Waals surface area contributed by atoms with Gasteiger partial charge in [0.05, 0.1) is 0 Å². The van der Waals surface area contributed by atoms with Crippen LogP contribution in [-0.2, 0) is 0 Å². The van der Waals surface area contributed by atoms with Gasteiger partial charge in [-0.1, -0.05) is 13.8 Å². The highest BCUT2D eigenvalue weighted by atomic mass is 15.4. The molecule has 2 heteroatoms. The zero-order valence-corrected chi connectivity index (χ0v) is 7.30. The van der Waals surface area contributed by atoms with Gasteiger partial charge in [0.25, 0.3) is 0 Å². The maximum Gasteiger partial charge on any atom is 0.0357 e. The molecule has 10 heavy (non-hydrogen) atoms. The molecule has 2 nitrogen and oxygen atoms in total. The highest BCUT2D eigenvalue weighted by Gasteiger charge is 1.91. The lowest BCUT2D eigenvalue weighted by molar-refractivity contribution is 0.306. The van der Waals surface area contributed by atoms with Gasteiger partial charge in [-0.3, -0.25) is 5.01 Å². The molecule has 0 bridgehead atoms. The SMILES string of the molecule is CC/C=N/N(CC)CCC. The van der Waals surface area contributed by atoms with E-state index in [-0.39, 0.29) is 0 Å². The summed E-state index contributed by atoms with van der Waals surface area (Å²) in [5.41, 5.74) is 0. The van der Waals surface area contributed by atoms with Gasteiger partial charge in [0, 0.05) is 19.3 Å². The van der Waals surface area contributed by atoms with Crippen molar-refractivity contribution in [3.63, 3.8) is 0 Å². The van der Waals surface area contributed by atoms with Crippen LogP contribution in [0.3, 0.4) is 0 Å². The maximum absolute atomic E-state index is 4.26. The Bertz CT molecular complexity index is 89.3. The molecule has 0 aromatic carbocycles. The van der Waals surface area contributed by atoms with Crippen molar-refractivity contribution in [3.05, 3.63) is 0 Å². The van der Waals surface area contributed by atoms with Gasteiger partial charge in [0.1, 0.15) is 0 Å². The Morgan fingerprint density at radius 2 is 2.00 bits per heavy atom. The van der Waals surface area contributed by atoms with Crippen molar-refractivity contribution in [1.29, 1.82) is 0 Å². The van der Waals surface area contributed by atoms with Gasteiger partial charge in [-0.15, -0.1) is 0 Å². The number of rotatable bonds is 5. The summed E-state index contributed by atoms with van der Waals surface area (Å²) >= 11 is 0. The van der Waals surface area contributed by atoms with E-state index in [4.69, 9.17) is 0 Å². The van der Waals surface area contributed by atoms with Gasteiger partial charge in [-0.2, -0.15) is 5.10 Å². The molecule has 0 fully saturated rings. The number of hydrogen-bond donors (Lipinski definition) is 0. The molecular formula is C8H18N2. The van der Waals surface area contributed by atoms with Crippen molar-refractivity contribution in [2.45, 2.75) is 33.6 Å². The van der Waals surface area contributed by atoms with E-state index in [2.05, 4.69) is 30.9 Å². The summed E-state index contributed by atoms with van der Waals surface area (Å²) in [6, 6.07) is 0. The maximum atomic E-state index is 4.26. The van der Waals surface area contributed by atoms with Gasteiger partial charge in [0.15, 0.2) is 0 Å². The molecule has 0 aromatic heterocycles. The second-order valence-electron chi connectivity index (χ2n) is 2.25. The van der Waals surface area contributed by atoms with Crippen LogP contribution in [0.1, 0.15) is 33.6 Å². The van der Waals surface area contributed by atoms with Crippen LogP contribution >= 0.6 is 0 Å². The molecule has 0 atom stereocenters. The second kappa shape index (κ2) is 6.59. The normalized spacial score (nSPS) is 10.7. The Morgan fingerprint density at radius 1 is 1.30 bits per heavy atom. The van der Waals surface area contributed by atoms with Crippen molar-refractivity contribution in [3.8, 4) is 0 Å². The van der Waals surface area contributed by atoms with Crippen LogP contribution in [-0.4, -0.2) is 24.3 Å². The quantitative estimate of drug-likeness (QED) is 0.424. The molecule has 0 saturated carbocycles. The first-order valence-electron chi connectivity index (χ1n) is 4.12. The predicted molar refractivity (Wildman–Crippen MR) is 46.3 cm³/mol. The van der Waals surface area contributed by atoms with Crippen molar-refractivity contribution < 1.29 is 0 Å². The van der Waals surface area contributed by atoms with Crippen LogP contribution in [0.25, 0.3) is 0 Å². The van der Waals surface area contributed by atoms with Crippen molar-refractivity contribution in [2.24, 2.45) is 5.10 Å². The molecular weight excluding hydrogens is 124 g/mol. The van der Waals surface area contributed by atoms with Crippen LogP contribution in [0.2, 0.25) is 0 Å². The van der Waals surface area contributed by atoms with E-state index in [1.807, 2.05) is 6.21 Å². The first-order chi connectivity index (χ1) is 4.85. The van der Waals surface area contributed by atoms with Crippen molar-refractivity contribution in [2.75, 3.05) is 13.1 Å². The van der Waals surface area contributed by atoms with Crippen LogP contribution in [0.5, 0.6) is 0 Å². The fraction of sp³-hybridized carbons (Fsp3) is 0.875. The van der Waals surface area contributed by atoms with E-state index in [0.29, 0.717) is 0 Å². The summed E-state index contributed by atoms with van der Waals surface area (Å²) in [7, 11) is 0. The molecule has 0 unspecified atom stereocenters. The smallest absolute Gasteiger partial charge is 0.0357 e. The fourth-order valence-corrected chi connectivity index (χ4v) is 0.753. The molecule has 0 amide bonds. The molecule has 60 valence electrons. The zero-order chi connectivity index (χ0) is 7.82. The molecule has 0 aromatic rings. The Morgan fingerprint density at radius 3 is 2.40 bits per heavy atom. The van der Waals surface area contributed by atoms with E-state index >= 15 is 0 Å². The number of hydrogen-bond acceptors (Lipinski definition) is 2. The third kappa shape index (κ3) is 4.36. The van der Waals surface area contributed by atoms with Crippen LogP contribution < -0.4 is 0 Å². The van der Waals surface area contributed by atoms with Crippen LogP contribution in [0.15, 0.2) is 5.10 Å². The Hall–Kier alpha value is -0.530. The van der Waals surface area contributed by atoms with Gasteiger partial charge in [-0.25, -0.2) is 0 Å². The fourth-order valence-electron chi connectivity index (χ4n) is 0.753. The van der Waals surface area contributed by atoms with Crippen molar-refractivity contribution in [1.82, 2.24) is 5.01 Å². The van der Waals surface area contributed by atoms with Crippen molar-refractivity contribution >= 4 is 6.21 Å². The summed E-state index contributed by atoms with van der Waals surface area (Å²) in [5, 5.41) is 6.35. The molecule has 0 N–H and O–H groups in total. The van der Waals surface area contributed by atoms with E-state index in [0.717, 1.165) is 19.5 Å². The van der Waals surface area contributed by atoms with Crippen LogP contribution in [0.4, 0.5) is 0 Å². The number of hydrazone groups is 1. The Balaban J connectivity index is 3.48. The lowest BCUT2D eigenvalue weighted by Crippen LogP contribution is -2.17. The molecule has 0 saturated heterocycles. The summed E-state index contributed by atoms with van der Waals surface area (Å²) < 4.78 is 0. The van der Waals surface area contributed by atoms with Crippen LogP contribution in [0, 0.1) is 0 Å². The van der Waals surface area contributed by atoms with Gasteiger partial charge in [0.2, 0.25) is 0 Å². The molecule has 0 aliphatic rings. The minimum atomic E-state index is 1.02. The first kappa shape index (κ1) is 9.47. The summed E-state index contributed by atoms with van der Waals surface area (Å²) in [5.74, 6) is 0. The van der Waals surface area contributed by atoms with Gasteiger partial charge < -0.3 is 0 Å². The minimum absolute atomic E-state index is 1.02. The number of nitrogens with zero attached hydrogens (tertiary/aromatic N) is 2. The molecule has 0 heterocycles. The molecule has 0 aliphatic heterocycles. The lowest BCUT2D eigenvalue weighted by Gasteiger charge is -2.14. The minimum Gasteiger partial charge on any atom is -0.298 e. The average Bonchev–Trinajstić information content (AvgIpc) is 1.98. The summed E-state index contributed by atoms with van der Waals surface area (Å²) in [6.45, 7) is 8.49. The zero-order valence-electron chi connectivity index (χ0n) is 7.30. The largest absolute Gasteiger partial charge is 0.298 e. The topological polar surface area (TPSA) is 15.6 Å². The van der Waals surface area contributed by atoms with E-state index in [1.54, 1.807) is 0 Å². The standard InChI is InChI=1S/C8H18N2/c1-4-7-9-10(6-3)8-5-2/h7H,4-6,8H2,1-3H3/b9-7+. The molecule has 0 aliphatic carbocycles. The first-order valence-corrected chi connectivity index (χ1v) is 4.12. The van der Waals surface area contributed by atoms with E-state index in [1.165, 1.54) is 6.42 Å².